The van der Waals surface area contributed by atoms with Crippen LogP contribution in [-0.2, 0) is 0 Å². The van der Waals surface area contributed by atoms with Crippen molar-refractivity contribution in [3.8, 4) is 0 Å². The molecule has 3 heteroatoms. The minimum Gasteiger partial charge on any atom is -0.383 e. The van der Waals surface area contributed by atoms with Gasteiger partial charge in [0.25, 0.3) is 0 Å². The topological polar surface area (TPSA) is 12.0 Å². The summed E-state index contributed by atoms with van der Waals surface area (Å²) in [7, 11) is 0. The predicted molar refractivity (Wildman–Crippen MR) is 58.0 cm³/mol. The molecule has 0 aromatic heterocycles. The highest BCUT2D eigenvalue weighted by molar-refractivity contribution is 9.10. The van der Waals surface area contributed by atoms with Crippen LogP contribution in [0.4, 0.5) is 5.69 Å². The van der Waals surface area contributed by atoms with Crippen molar-refractivity contribution in [1.29, 1.82) is 0 Å². The molecule has 2 rings (SSSR count). The number of hydrogen-bond acceptors (Lipinski definition) is 2. The van der Waals surface area contributed by atoms with E-state index in [0.717, 1.165) is 6.54 Å². The minimum absolute atomic E-state index is 0.663. The second kappa shape index (κ2) is 3.30. The molecule has 12 heavy (non-hydrogen) atoms. The lowest BCUT2D eigenvalue weighted by molar-refractivity contribution is 0.972. The van der Waals surface area contributed by atoms with Gasteiger partial charge in [0.1, 0.15) is 0 Å². The van der Waals surface area contributed by atoms with Crippen molar-refractivity contribution in [2.75, 3.05) is 11.9 Å². The van der Waals surface area contributed by atoms with Gasteiger partial charge in [-0.05, 0) is 28.1 Å². The van der Waals surface area contributed by atoms with Gasteiger partial charge in [0.15, 0.2) is 0 Å². The van der Waals surface area contributed by atoms with Crippen LogP contribution in [0.1, 0.15) is 6.92 Å². The van der Waals surface area contributed by atoms with Crippen molar-refractivity contribution < 1.29 is 0 Å². The molecule has 1 aliphatic rings. The molecule has 1 N–H and O–H groups in total. The largest absolute Gasteiger partial charge is 0.383 e. The predicted octanol–water partition coefficient (Wildman–Crippen LogP) is 3.36. The van der Waals surface area contributed by atoms with Crippen LogP contribution in [-0.4, -0.2) is 11.8 Å². The van der Waals surface area contributed by atoms with Gasteiger partial charge in [-0.25, -0.2) is 0 Å². The number of halogens is 1. The van der Waals surface area contributed by atoms with Crippen LogP contribution >= 0.6 is 27.7 Å². The average Bonchev–Trinajstić information content (AvgIpc) is 2.07. The maximum Gasteiger partial charge on any atom is 0.0490 e. The third-order valence-corrected chi connectivity index (χ3v) is 4.03. The van der Waals surface area contributed by atoms with Gasteiger partial charge < -0.3 is 5.32 Å². The van der Waals surface area contributed by atoms with E-state index in [2.05, 4.69) is 46.4 Å². The second-order valence-electron chi connectivity index (χ2n) is 2.93. The van der Waals surface area contributed by atoms with Crippen molar-refractivity contribution in [3.05, 3.63) is 22.7 Å². The monoisotopic (exact) mass is 243 g/mol. The molecule has 0 spiro atoms. The molecule has 1 unspecified atom stereocenters. The van der Waals surface area contributed by atoms with Gasteiger partial charge in [-0.2, -0.15) is 0 Å². The lowest BCUT2D eigenvalue weighted by Crippen LogP contribution is -2.18. The molecule has 0 amide bonds. The third-order valence-electron chi connectivity index (χ3n) is 1.87. The zero-order valence-corrected chi connectivity index (χ0v) is 9.21. The van der Waals surface area contributed by atoms with E-state index in [9.17, 15) is 0 Å². The molecule has 1 aliphatic heterocycles. The summed E-state index contributed by atoms with van der Waals surface area (Å²) < 4.78 is 1.20. The Morgan fingerprint density at radius 2 is 2.42 bits per heavy atom. The Kier molecular flexibility index (Phi) is 2.33. The van der Waals surface area contributed by atoms with Crippen LogP contribution in [0.25, 0.3) is 0 Å². The van der Waals surface area contributed by atoms with Crippen LogP contribution in [0.15, 0.2) is 27.6 Å². The Hall–Kier alpha value is -0.150. The number of benzene rings is 1. The fourth-order valence-corrected chi connectivity index (χ4v) is 2.93. The lowest BCUT2D eigenvalue weighted by Gasteiger charge is -2.23. The highest BCUT2D eigenvalue weighted by Crippen LogP contribution is 2.39. The Balaban J connectivity index is 2.43. The lowest BCUT2D eigenvalue weighted by atomic mass is 10.3. The number of anilines is 1. The van der Waals surface area contributed by atoms with E-state index in [4.69, 9.17) is 0 Å². The van der Waals surface area contributed by atoms with Crippen LogP contribution in [0.3, 0.4) is 0 Å². The summed E-state index contributed by atoms with van der Waals surface area (Å²) in [6, 6.07) is 6.27. The molecule has 1 nitrogen and oxygen atoms in total. The smallest absolute Gasteiger partial charge is 0.0490 e. The normalized spacial score (nSPS) is 21.3. The Bertz CT molecular complexity index is 301. The number of hydrogen-bond donors (Lipinski definition) is 1. The highest BCUT2D eigenvalue weighted by atomic mass is 79.9. The molecular formula is C9H10BrNS. The average molecular weight is 244 g/mol. The summed E-state index contributed by atoms with van der Waals surface area (Å²) in [4.78, 5) is 1.34. The van der Waals surface area contributed by atoms with E-state index < -0.39 is 0 Å². The van der Waals surface area contributed by atoms with Gasteiger partial charge in [-0.15, -0.1) is 11.8 Å². The first-order chi connectivity index (χ1) is 5.77. The zero-order chi connectivity index (χ0) is 8.55. The maximum absolute atomic E-state index is 3.55. The van der Waals surface area contributed by atoms with Crippen molar-refractivity contribution in [1.82, 2.24) is 0 Å². The minimum atomic E-state index is 0.663. The van der Waals surface area contributed by atoms with Crippen LogP contribution < -0.4 is 5.32 Å². The molecular weight excluding hydrogens is 234 g/mol. The van der Waals surface area contributed by atoms with E-state index in [1.165, 1.54) is 15.1 Å². The molecule has 0 bridgehead atoms. The van der Waals surface area contributed by atoms with Crippen molar-refractivity contribution in [3.63, 3.8) is 0 Å². The zero-order valence-electron chi connectivity index (χ0n) is 6.80. The van der Waals surface area contributed by atoms with E-state index in [0.29, 0.717) is 5.25 Å². The van der Waals surface area contributed by atoms with Crippen LogP contribution in [0.2, 0.25) is 0 Å². The Labute approximate surface area is 85.1 Å². The molecule has 64 valence electrons. The number of nitrogens with one attached hydrogen (secondary N) is 1. The first-order valence-corrected chi connectivity index (χ1v) is 5.63. The number of thioether (sulfide) groups is 1. The molecule has 1 aromatic rings. The molecule has 0 fully saturated rings. The molecule has 1 aromatic carbocycles. The fraction of sp³-hybridized carbons (Fsp3) is 0.333. The van der Waals surface area contributed by atoms with Gasteiger partial charge in [-0.1, -0.05) is 13.0 Å². The molecule has 1 atom stereocenters. The number of rotatable bonds is 0. The second-order valence-corrected chi connectivity index (χ2v) is 5.23. The first-order valence-electron chi connectivity index (χ1n) is 3.96. The van der Waals surface area contributed by atoms with Crippen molar-refractivity contribution >= 4 is 33.4 Å². The summed E-state index contributed by atoms with van der Waals surface area (Å²) in [6.07, 6.45) is 0. The third kappa shape index (κ3) is 1.48. The van der Waals surface area contributed by atoms with Gasteiger partial charge in [-0.3, -0.25) is 0 Å². The molecule has 1 heterocycles. The Morgan fingerprint density at radius 1 is 1.58 bits per heavy atom. The first kappa shape index (κ1) is 8.45. The molecule has 0 aliphatic carbocycles. The van der Waals surface area contributed by atoms with E-state index in [-0.39, 0.29) is 0 Å². The molecule has 0 saturated carbocycles. The van der Waals surface area contributed by atoms with Gasteiger partial charge in [0, 0.05) is 26.9 Å². The highest BCUT2D eigenvalue weighted by Gasteiger charge is 2.16. The SMILES string of the molecule is CC1CNc2cccc(Br)c2S1. The summed E-state index contributed by atoms with van der Waals surface area (Å²) in [6.45, 7) is 3.30. The van der Waals surface area contributed by atoms with Gasteiger partial charge in [0.05, 0.1) is 0 Å². The Morgan fingerprint density at radius 3 is 3.25 bits per heavy atom. The quantitative estimate of drug-likeness (QED) is 0.751. The van der Waals surface area contributed by atoms with Crippen LogP contribution in [0, 0.1) is 0 Å². The summed E-state index contributed by atoms with van der Waals surface area (Å²) >= 11 is 5.48. The van der Waals surface area contributed by atoms with Crippen molar-refractivity contribution in [2.45, 2.75) is 17.1 Å². The van der Waals surface area contributed by atoms with Crippen LogP contribution in [0.5, 0.6) is 0 Å². The van der Waals surface area contributed by atoms with E-state index in [1.807, 2.05) is 11.8 Å². The number of fused-ring (bicyclic) bond motifs is 1. The fourth-order valence-electron chi connectivity index (χ4n) is 1.26. The standard InChI is InChI=1S/C9H10BrNS/c1-6-5-11-8-4-2-3-7(10)9(8)12-6/h2-4,6,11H,5H2,1H3. The van der Waals surface area contributed by atoms with Gasteiger partial charge in [0.2, 0.25) is 0 Å². The summed E-state index contributed by atoms with van der Waals surface area (Å²) in [5.74, 6) is 0. The van der Waals surface area contributed by atoms with E-state index in [1.54, 1.807) is 0 Å². The summed E-state index contributed by atoms with van der Waals surface area (Å²) in [5, 5.41) is 4.07. The maximum atomic E-state index is 3.55. The van der Waals surface area contributed by atoms with E-state index >= 15 is 0 Å². The van der Waals surface area contributed by atoms with Crippen molar-refractivity contribution in [2.24, 2.45) is 0 Å². The molecule has 0 saturated heterocycles. The van der Waals surface area contributed by atoms with Gasteiger partial charge >= 0.3 is 0 Å². The summed E-state index contributed by atoms with van der Waals surface area (Å²) in [5.41, 5.74) is 1.26. The molecule has 0 radical (unpaired) electrons.